The van der Waals surface area contributed by atoms with Gasteiger partial charge >= 0.3 is 6.16 Å². The van der Waals surface area contributed by atoms with Crippen molar-refractivity contribution < 1.29 is 44.8 Å². The average molecular weight is 486 g/mol. The van der Waals surface area contributed by atoms with Gasteiger partial charge in [0.15, 0.2) is 0 Å². The molecule has 1 heterocycles. The molecule has 3 rings (SSSR count). The van der Waals surface area contributed by atoms with Crippen LogP contribution in [0.2, 0.25) is 5.02 Å². The second-order valence-electron chi connectivity index (χ2n) is 7.80. The monoisotopic (exact) mass is 485 g/mol. The van der Waals surface area contributed by atoms with Gasteiger partial charge in [-0.25, -0.2) is 0 Å². The zero-order valence-electron chi connectivity index (χ0n) is 18.1. The number of methoxy groups -OCH3 is 1. The lowest BCUT2D eigenvalue weighted by Gasteiger charge is -2.41. The van der Waals surface area contributed by atoms with Crippen LogP contribution in [0, 0.1) is 0 Å². The molecular weight excluding hydrogens is 458 g/mol. The maximum atomic E-state index is 11.0. The van der Waals surface area contributed by atoms with E-state index in [2.05, 4.69) is 10.1 Å². The molecule has 1 aliphatic heterocycles. The number of likely N-dealkylation sites (N-methyl/N-ethyl adjacent to an activating group) is 1. The van der Waals surface area contributed by atoms with Gasteiger partial charge in [-0.2, -0.15) is 0 Å². The predicted octanol–water partition coefficient (Wildman–Crippen LogP) is -0.0820. The molecule has 10 nitrogen and oxygen atoms in total. The smallest absolute Gasteiger partial charge is 0.417 e. The molecule has 2 aromatic rings. The molecule has 0 saturated carbocycles. The lowest BCUT2D eigenvalue weighted by atomic mass is 9.88. The van der Waals surface area contributed by atoms with Gasteiger partial charge in [0.05, 0.1) is 24.9 Å². The highest BCUT2D eigenvalue weighted by Crippen LogP contribution is 2.38. The molecule has 1 fully saturated rings. The Bertz CT molecular complexity index is 932. The van der Waals surface area contributed by atoms with Crippen molar-refractivity contribution >= 4 is 11.6 Å². The number of hydrogen-bond donors (Lipinski definition) is 7. The van der Waals surface area contributed by atoms with Gasteiger partial charge in [-0.05, 0) is 49.0 Å². The van der Waals surface area contributed by atoms with Gasteiger partial charge < -0.3 is 50.2 Å². The molecule has 182 valence electrons. The Balaban J connectivity index is 1.96. The Morgan fingerprint density at radius 2 is 1.76 bits per heavy atom. The van der Waals surface area contributed by atoms with Gasteiger partial charge in [0.2, 0.25) is 5.79 Å². The van der Waals surface area contributed by atoms with E-state index in [1.165, 1.54) is 36.4 Å². The third kappa shape index (κ3) is 5.81. The summed E-state index contributed by atoms with van der Waals surface area (Å²) < 4.78 is 16.1. The standard InChI is InChI=1S/C22H28ClNO9/c1-24-19-18(31-2)10-15(11-25)32-20(19)12-3-8-17(23)16(9-12)21(26,27)13-4-6-14(7-5-13)33-22(28,29)30/h3-9,15,18-20,24-30H,10-11H2,1-2H3. The van der Waals surface area contributed by atoms with E-state index in [9.17, 15) is 15.3 Å². The van der Waals surface area contributed by atoms with Crippen LogP contribution in [0.1, 0.15) is 29.2 Å². The first-order chi connectivity index (χ1) is 15.5. The maximum Gasteiger partial charge on any atom is 0.453 e. The minimum Gasteiger partial charge on any atom is -0.417 e. The van der Waals surface area contributed by atoms with Crippen LogP contribution in [0.25, 0.3) is 0 Å². The lowest BCUT2D eigenvalue weighted by molar-refractivity contribution is -0.419. The van der Waals surface area contributed by atoms with Crippen LogP contribution < -0.4 is 10.1 Å². The number of hydrogen-bond acceptors (Lipinski definition) is 10. The third-order valence-corrected chi connectivity index (χ3v) is 5.94. The molecule has 11 heteroatoms. The first-order valence-corrected chi connectivity index (χ1v) is 10.6. The number of aliphatic hydroxyl groups is 6. The third-order valence-electron chi connectivity index (χ3n) is 5.61. The molecule has 1 aliphatic rings. The van der Waals surface area contributed by atoms with E-state index >= 15 is 0 Å². The molecule has 0 aliphatic carbocycles. The van der Waals surface area contributed by atoms with Crippen LogP contribution in [0.4, 0.5) is 0 Å². The molecule has 33 heavy (non-hydrogen) atoms. The van der Waals surface area contributed by atoms with Crippen molar-refractivity contribution in [2.45, 2.75) is 42.7 Å². The molecule has 2 aromatic carbocycles. The number of nitrogens with one attached hydrogen (secondary N) is 1. The van der Waals surface area contributed by atoms with Crippen molar-refractivity contribution in [3.05, 3.63) is 64.2 Å². The van der Waals surface area contributed by atoms with Gasteiger partial charge in [0, 0.05) is 29.7 Å². The second kappa shape index (κ2) is 10.2. The number of rotatable bonds is 8. The zero-order valence-corrected chi connectivity index (χ0v) is 18.8. The molecule has 0 radical (unpaired) electrons. The highest BCUT2D eigenvalue weighted by Gasteiger charge is 2.40. The fourth-order valence-corrected chi connectivity index (χ4v) is 4.24. The van der Waals surface area contributed by atoms with Gasteiger partial charge in [-0.1, -0.05) is 17.7 Å². The van der Waals surface area contributed by atoms with Crippen molar-refractivity contribution in [1.29, 1.82) is 0 Å². The van der Waals surface area contributed by atoms with Crippen molar-refractivity contribution in [1.82, 2.24) is 5.32 Å². The fraction of sp³-hybridized carbons (Fsp3) is 0.455. The Kier molecular flexibility index (Phi) is 7.97. The van der Waals surface area contributed by atoms with E-state index in [0.29, 0.717) is 12.0 Å². The Morgan fingerprint density at radius 1 is 1.09 bits per heavy atom. The summed E-state index contributed by atoms with van der Waals surface area (Å²) in [6.07, 6.45) is -4.15. The molecule has 0 aromatic heterocycles. The molecular formula is C22H28ClNO9. The summed E-state index contributed by atoms with van der Waals surface area (Å²) >= 11 is 6.31. The number of halogens is 1. The summed E-state index contributed by atoms with van der Waals surface area (Å²) in [5, 5.41) is 61.6. The normalized spacial score (nSPS) is 24.0. The quantitative estimate of drug-likeness (QED) is 0.252. The van der Waals surface area contributed by atoms with E-state index in [4.69, 9.17) is 36.4 Å². The Hall–Kier alpha value is -1.83. The van der Waals surface area contributed by atoms with E-state index in [0.717, 1.165) is 0 Å². The molecule has 7 N–H and O–H groups in total. The van der Waals surface area contributed by atoms with E-state index in [1.807, 2.05) is 0 Å². The molecule has 4 unspecified atom stereocenters. The van der Waals surface area contributed by atoms with Crippen LogP contribution in [-0.4, -0.2) is 75.8 Å². The van der Waals surface area contributed by atoms with Crippen molar-refractivity contribution in [3.8, 4) is 5.75 Å². The number of aliphatic hydroxyl groups excluding tert-OH is 1. The van der Waals surface area contributed by atoms with E-state index < -0.39 is 24.2 Å². The molecule has 4 atom stereocenters. The summed E-state index contributed by atoms with van der Waals surface area (Å²) in [5.41, 5.74) is 0.577. The minimum absolute atomic E-state index is 0.00560. The molecule has 0 spiro atoms. The number of benzene rings is 2. The van der Waals surface area contributed by atoms with E-state index in [1.54, 1.807) is 20.2 Å². The van der Waals surface area contributed by atoms with Crippen LogP contribution in [0.5, 0.6) is 5.75 Å². The lowest BCUT2D eigenvalue weighted by Crippen LogP contribution is -2.51. The second-order valence-corrected chi connectivity index (χ2v) is 8.20. The largest absolute Gasteiger partial charge is 0.453 e. The minimum atomic E-state index is -3.37. The van der Waals surface area contributed by atoms with Gasteiger partial charge in [-0.3, -0.25) is 0 Å². The average Bonchev–Trinajstić information content (AvgIpc) is 2.77. The fourth-order valence-electron chi connectivity index (χ4n) is 3.99. The Morgan fingerprint density at radius 3 is 2.30 bits per heavy atom. The van der Waals surface area contributed by atoms with Crippen molar-refractivity contribution in [2.75, 3.05) is 20.8 Å². The predicted molar refractivity (Wildman–Crippen MR) is 116 cm³/mol. The van der Waals surface area contributed by atoms with Crippen LogP contribution in [0.15, 0.2) is 42.5 Å². The molecule has 1 saturated heterocycles. The topological polar surface area (TPSA) is 161 Å². The first-order valence-electron chi connectivity index (χ1n) is 10.2. The van der Waals surface area contributed by atoms with Crippen molar-refractivity contribution in [3.63, 3.8) is 0 Å². The van der Waals surface area contributed by atoms with E-state index in [-0.39, 0.29) is 40.7 Å². The summed E-state index contributed by atoms with van der Waals surface area (Å²) in [7, 11) is 3.34. The highest BCUT2D eigenvalue weighted by atomic mass is 35.5. The zero-order chi connectivity index (χ0) is 24.4. The highest BCUT2D eigenvalue weighted by molar-refractivity contribution is 6.31. The van der Waals surface area contributed by atoms with Crippen molar-refractivity contribution in [2.24, 2.45) is 0 Å². The summed E-state index contributed by atoms with van der Waals surface area (Å²) in [6.45, 7) is -0.192. The van der Waals surface area contributed by atoms with Crippen LogP contribution in [0.3, 0.4) is 0 Å². The molecule has 0 amide bonds. The van der Waals surface area contributed by atoms with Gasteiger partial charge in [0.1, 0.15) is 11.9 Å². The summed E-state index contributed by atoms with van der Waals surface area (Å²) in [5.74, 6) is -2.66. The SMILES string of the molecule is CNC1C(OC)CC(CO)OC1c1ccc(Cl)c(C(O)(O)c2ccc(OC(O)(O)O)cc2)c1. The first kappa shape index (κ1) is 25.8. The molecule has 0 bridgehead atoms. The summed E-state index contributed by atoms with van der Waals surface area (Å²) in [4.78, 5) is 0. The van der Waals surface area contributed by atoms with Gasteiger partial charge in [0.25, 0.3) is 0 Å². The summed E-state index contributed by atoms with van der Waals surface area (Å²) in [6, 6.07) is 9.40. The Labute approximate surface area is 195 Å². The maximum absolute atomic E-state index is 11.0. The van der Waals surface area contributed by atoms with Crippen LogP contribution in [-0.2, 0) is 15.3 Å². The van der Waals surface area contributed by atoms with Gasteiger partial charge in [-0.15, -0.1) is 0 Å². The van der Waals surface area contributed by atoms with Crippen LogP contribution >= 0.6 is 11.6 Å². The number of ether oxygens (including phenoxy) is 3.